The van der Waals surface area contributed by atoms with Gasteiger partial charge in [-0.25, -0.2) is 0 Å². The molecule has 0 unspecified atom stereocenters. The summed E-state index contributed by atoms with van der Waals surface area (Å²) < 4.78 is 17.1. The molecule has 0 bridgehead atoms. The molecule has 0 aliphatic heterocycles. The maximum absolute atomic E-state index is 12.9. The number of benzene rings is 1. The SMILES string of the molecule is COc1cc2c(c(OC)c1OC)-c1ccc(SC)c(=O)cc1[C@@H](NCC(C)C)CC2. The molecule has 0 aromatic heterocycles. The van der Waals surface area contributed by atoms with Gasteiger partial charge in [-0.1, -0.05) is 19.9 Å². The van der Waals surface area contributed by atoms with Gasteiger partial charge in [0.1, 0.15) is 0 Å². The normalized spacial score (nSPS) is 15.2. The Hall–Kier alpha value is -2.18. The molecule has 1 atom stereocenters. The summed E-state index contributed by atoms with van der Waals surface area (Å²) in [5.74, 6) is 2.37. The first-order chi connectivity index (χ1) is 14.4. The summed E-state index contributed by atoms with van der Waals surface area (Å²) in [4.78, 5) is 13.6. The molecule has 0 saturated heterocycles. The van der Waals surface area contributed by atoms with Crippen LogP contribution in [0.25, 0.3) is 11.1 Å². The largest absolute Gasteiger partial charge is 0.493 e. The maximum Gasteiger partial charge on any atom is 0.203 e. The van der Waals surface area contributed by atoms with Gasteiger partial charge in [-0.05, 0) is 66.4 Å². The number of methoxy groups -OCH3 is 3. The minimum atomic E-state index is 0.0444. The number of hydrogen-bond acceptors (Lipinski definition) is 6. The average molecular weight is 430 g/mol. The van der Waals surface area contributed by atoms with Crippen LogP contribution < -0.4 is 25.0 Å². The molecule has 1 N–H and O–H groups in total. The van der Waals surface area contributed by atoms with Gasteiger partial charge in [0.15, 0.2) is 16.9 Å². The zero-order valence-electron chi connectivity index (χ0n) is 18.6. The van der Waals surface area contributed by atoms with Crippen LogP contribution in [0.4, 0.5) is 0 Å². The predicted molar refractivity (Wildman–Crippen MR) is 123 cm³/mol. The van der Waals surface area contributed by atoms with Gasteiger partial charge < -0.3 is 19.5 Å². The highest BCUT2D eigenvalue weighted by molar-refractivity contribution is 7.98. The number of nitrogens with one attached hydrogen (secondary N) is 1. The second kappa shape index (κ2) is 9.75. The van der Waals surface area contributed by atoms with Gasteiger partial charge in [0.05, 0.1) is 26.2 Å². The fraction of sp³-hybridized carbons (Fsp3) is 0.458. The van der Waals surface area contributed by atoms with Gasteiger partial charge in [0, 0.05) is 11.6 Å². The van der Waals surface area contributed by atoms with Crippen molar-refractivity contribution in [3.8, 4) is 28.4 Å². The van der Waals surface area contributed by atoms with Crippen LogP contribution in [-0.2, 0) is 6.42 Å². The Morgan fingerprint density at radius 1 is 1.10 bits per heavy atom. The first kappa shape index (κ1) is 22.5. The van der Waals surface area contributed by atoms with Gasteiger partial charge in [0.25, 0.3) is 0 Å². The summed E-state index contributed by atoms with van der Waals surface area (Å²) in [6.45, 7) is 5.26. The lowest BCUT2D eigenvalue weighted by Crippen LogP contribution is -2.26. The molecule has 0 fully saturated rings. The minimum Gasteiger partial charge on any atom is -0.493 e. The monoisotopic (exact) mass is 429 g/mol. The topological polar surface area (TPSA) is 56.8 Å². The van der Waals surface area contributed by atoms with E-state index in [2.05, 4.69) is 19.2 Å². The number of fused-ring (bicyclic) bond motifs is 3. The molecule has 0 radical (unpaired) electrons. The van der Waals surface area contributed by atoms with Crippen LogP contribution in [0.1, 0.15) is 37.4 Å². The fourth-order valence-corrected chi connectivity index (χ4v) is 4.52. The first-order valence-corrected chi connectivity index (χ1v) is 11.4. The van der Waals surface area contributed by atoms with Crippen LogP contribution >= 0.6 is 11.8 Å². The summed E-state index contributed by atoms with van der Waals surface area (Å²) in [6, 6.07) is 7.87. The third-order valence-electron chi connectivity index (χ3n) is 5.49. The Bertz CT molecular complexity index is 974. The molecule has 1 aliphatic rings. The average Bonchev–Trinajstić information content (AvgIpc) is 2.98. The Labute approximate surface area is 183 Å². The van der Waals surface area contributed by atoms with Crippen molar-refractivity contribution in [2.45, 2.75) is 37.6 Å². The standard InChI is InChI=1S/C24H31NO4S/c1-14(2)13-25-18-9-7-15-11-20(27-3)23(28-4)24(29-5)22(15)16-8-10-21(30-6)19(26)12-17(16)18/h8,10-12,14,18,25H,7,9,13H2,1-6H3/t18-/m0/s1. The van der Waals surface area contributed by atoms with Crippen LogP contribution in [0.2, 0.25) is 0 Å². The summed E-state index contributed by atoms with van der Waals surface area (Å²) in [5.41, 5.74) is 4.15. The van der Waals surface area contributed by atoms with E-state index in [1.165, 1.54) is 11.8 Å². The van der Waals surface area contributed by atoms with Crippen LogP contribution in [0.5, 0.6) is 17.2 Å². The highest BCUT2D eigenvalue weighted by Gasteiger charge is 2.28. The van der Waals surface area contributed by atoms with Crippen molar-refractivity contribution in [2.24, 2.45) is 5.92 Å². The lowest BCUT2D eigenvalue weighted by Gasteiger charge is -2.20. The zero-order chi connectivity index (χ0) is 21.8. The third kappa shape index (κ3) is 4.30. The van der Waals surface area contributed by atoms with Gasteiger partial charge in [-0.3, -0.25) is 4.79 Å². The van der Waals surface area contributed by atoms with Crippen molar-refractivity contribution in [2.75, 3.05) is 34.1 Å². The van der Waals surface area contributed by atoms with Crippen molar-refractivity contribution < 1.29 is 14.2 Å². The van der Waals surface area contributed by atoms with Gasteiger partial charge >= 0.3 is 0 Å². The van der Waals surface area contributed by atoms with E-state index in [1.54, 1.807) is 27.4 Å². The van der Waals surface area contributed by atoms with Gasteiger partial charge in [-0.2, -0.15) is 0 Å². The fourth-order valence-electron chi connectivity index (χ4n) is 4.06. The number of hydrogen-bond donors (Lipinski definition) is 1. The van der Waals surface area contributed by atoms with E-state index in [-0.39, 0.29) is 11.5 Å². The Morgan fingerprint density at radius 2 is 1.83 bits per heavy atom. The molecule has 3 rings (SSSR count). The van der Waals surface area contributed by atoms with E-state index in [0.29, 0.717) is 23.2 Å². The second-order valence-electron chi connectivity index (χ2n) is 7.85. The molecule has 2 aromatic carbocycles. The molecule has 0 amide bonds. The molecule has 5 nitrogen and oxygen atoms in total. The van der Waals surface area contributed by atoms with Crippen LogP contribution in [0, 0.1) is 5.92 Å². The lowest BCUT2D eigenvalue weighted by molar-refractivity contribution is 0.324. The number of rotatable bonds is 7. The van der Waals surface area contributed by atoms with Crippen molar-refractivity contribution in [3.63, 3.8) is 0 Å². The molecule has 6 heteroatoms. The molecule has 0 saturated carbocycles. The molecule has 30 heavy (non-hydrogen) atoms. The van der Waals surface area contributed by atoms with E-state index >= 15 is 0 Å². The summed E-state index contributed by atoms with van der Waals surface area (Å²) in [5, 5.41) is 3.68. The summed E-state index contributed by atoms with van der Waals surface area (Å²) in [7, 11) is 4.89. The number of thioether (sulfide) groups is 1. The Morgan fingerprint density at radius 3 is 2.43 bits per heavy atom. The Balaban J connectivity index is 2.34. The van der Waals surface area contributed by atoms with Crippen LogP contribution in [0.3, 0.4) is 0 Å². The predicted octanol–water partition coefficient (Wildman–Crippen LogP) is 4.69. The number of ether oxygens (including phenoxy) is 3. The van der Waals surface area contributed by atoms with E-state index < -0.39 is 0 Å². The lowest BCUT2D eigenvalue weighted by atomic mass is 9.95. The molecule has 1 aliphatic carbocycles. The number of aryl methyl sites for hydroxylation is 1. The van der Waals surface area contributed by atoms with E-state index in [0.717, 1.165) is 46.5 Å². The van der Waals surface area contributed by atoms with Gasteiger partial charge in [0.2, 0.25) is 5.75 Å². The zero-order valence-corrected chi connectivity index (χ0v) is 19.4. The van der Waals surface area contributed by atoms with Crippen LogP contribution in [-0.4, -0.2) is 34.1 Å². The molecule has 2 aromatic rings. The van der Waals surface area contributed by atoms with Crippen LogP contribution in [0.15, 0.2) is 34.0 Å². The highest BCUT2D eigenvalue weighted by Crippen LogP contribution is 2.50. The smallest absolute Gasteiger partial charge is 0.203 e. The quantitative estimate of drug-likeness (QED) is 0.644. The van der Waals surface area contributed by atoms with Crippen molar-refractivity contribution in [1.29, 1.82) is 0 Å². The van der Waals surface area contributed by atoms with E-state index in [1.807, 2.05) is 24.5 Å². The molecular weight excluding hydrogens is 398 g/mol. The maximum atomic E-state index is 12.9. The van der Waals surface area contributed by atoms with E-state index in [4.69, 9.17) is 14.2 Å². The second-order valence-corrected chi connectivity index (χ2v) is 8.70. The highest BCUT2D eigenvalue weighted by atomic mass is 32.2. The third-order valence-corrected chi connectivity index (χ3v) is 6.27. The molecule has 0 heterocycles. The first-order valence-electron chi connectivity index (χ1n) is 10.2. The summed E-state index contributed by atoms with van der Waals surface area (Å²) in [6.07, 6.45) is 3.64. The molecular formula is C24H31NO4S. The van der Waals surface area contributed by atoms with E-state index in [9.17, 15) is 4.79 Å². The van der Waals surface area contributed by atoms with Crippen molar-refractivity contribution >= 4 is 11.8 Å². The van der Waals surface area contributed by atoms with Gasteiger partial charge in [-0.15, -0.1) is 11.8 Å². The summed E-state index contributed by atoms with van der Waals surface area (Å²) >= 11 is 1.47. The minimum absolute atomic E-state index is 0.0444. The molecule has 0 spiro atoms. The van der Waals surface area contributed by atoms with Crippen molar-refractivity contribution in [3.05, 3.63) is 45.6 Å². The molecule has 162 valence electrons. The Kier molecular flexibility index (Phi) is 7.32. The van der Waals surface area contributed by atoms with Crippen molar-refractivity contribution in [1.82, 2.24) is 5.32 Å².